The Bertz CT molecular complexity index is 637. The molecule has 2 aromatic rings. The zero-order valence-corrected chi connectivity index (χ0v) is 10.9. The Morgan fingerprint density at radius 3 is 2.85 bits per heavy atom. The van der Waals surface area contributed by atoms with E-state index in [1.54, 1.807) is 12.1 Å². The van der Waals surface area contributed by atoms with Gasteiger partial charge in [0, 0.05) is 11.6 Å². The van der Waals surface area contributed by atoms with Gasteiger partial charge in [-0.15, -0.1) is 0 Å². The van der Waals surface area contributed by atoms with Gasteiger partial charge >= 0.3 is 5.97 Å². The highest BCUT2D eigenvalue weighted by Gasteiger charge is 2.18. The van der Waals surface area contributed by atoms with Crippen LogP contribution >= 0.6 is 0 Å². The van der Waals surface area contributed by atoms with Crippen molar-refractivity contribution in [1.82, 2.24) is 10.3 Å². The van der Waals surface area contributed by atoms with Gasteiger partial charge < -0.3 is 15.2 Å². The predicted octanol–water partition coefficient (Wildman–Crippen LogP) is 0.498. The van der Waals surface area contributed by atoms with E-state index >= 15 is 0 Å². The molecule has 1 amide bonds. The van der Waals surface area contributed by atoms with E-state index in [0.29, 0.717) is 5.39 Å². The minimum Gasteiger partial charge on any atom is -0.467 e. The summed E-state index contributed by atoms with van der Waals surface area (Å²) in [7, 11) is 1.17. The van der Waals surface area contributed by atoms with E-state index in [9.17, 15) is 14.7 Å². The topological polar surface area (TPSA) is 88.5 Å². The van der Waals surface area contributed by atoms with Gasteiger partial charge in [0.05, 0.1) is 13.7 Å². The fourth-order valence-corrected chi connectivity index (χ4v) is 1.79. The van der Waals surface area contributed by atoms with Crippen LogP contribution < -0.4 is 5.32 Å². The lowest BCUT2D eigenvalue weighted by atomic mass is 10.1. The molecule has 1 unspecified atom stereocenters. The number of esters is 1. The largest absolute Gasteiger partial charge is 0.467 e. The van der Waals surface area contributed by atoms with E-state index in [2.05, 4.69) is 15.0 Å². The first kappa shape index (κ1) is 14.0. The molecule has 6 heteroatoms. The van der Waals surface area contributed by atoms with Crippen LogP contribution in [0.1, 0.15) is 10.5 Å². The van der Waals surface area contributed by atoms with Crippen LogP contribution in [-0.4, -0.2) is 41.7 Å². The third-order valence-electron chi connectivity index (χ3n) is 2.82. The van der Waals surface area contributed by atoms with Crippen molar-refractivity contribution >= 4 is 22.6 Å². The molecule has 0 saturated carbocycles. The van der Waals surface area contributed by atoms with Crippen LogP contribution in [0.5, 0.6) is 0 Å². The van der Waals surface area contributed by atoms with Gasteiger partial charge in [-0.05, 0) is 11.5 Å². The SMILES string of the molecule is COC(=O)C(O)CNC(=O)c1nccc2ccccc12. The van der Waals surface area contributed by atoms with Gasteiger partial charge in [-0.2, -0.15) is 0 Å². The molecule has 2 N–H and O–H groups in total. The number of aliphatic hydroxyl groups is 1. The number of carbonyl (C=O) groups is 2. The van der Waals surface area contributed by atoms with E-state index in [-0.39, 0.29) is 12.2 Å². The summed E-state index contributed by atoms with van der Waals surface area (Å²) >= 11 is 0. The number of nitrogens with one attached hydrogen (secondary N) is 1. The lowest BCUT2D eigenvalue weighted by molar-refractivity contribution is -0.149. The predicted molar refractivity (Wildman–Crippen MR) is 72.1 cm³/mol. The van der Waals surface area contributed by atoms with Crippen LogP contribution in [0.2, 0.25) is 0 Å². The zero-order valence-electron chi connectivity index (χ0n) is 10.9. The molecule has 0 radical (unpaired) electrons. The molecular weight excluding hydrogens is 260 g/mol. The monoisotopic (exact) mass is 274 g/mol. The zero-order chi connectivity index (χ0) is 14.5. The molecule has 1 atom stereocenters. The Kier molecular flexibility index (Phi) is 4.27. The van der Waals surface area contributed by atoms with Crippen LogP contribution in [0.15, 0.2) is 36.5 Å². The summed E-state index contributed by atoms with van der Waals surface area (Å²) in [5.74, 6) is -1.25. The number of methoxy groups -OCH3 is 1. The number of hydrogen-bond acceptors (Lipinski definition) is 5. The number of aliphatic hydroxyl groups excluding tert-OH is 1. The second-order valence-corrected chi connectivity index (χ2v) is 4.13. The maximum atomic E-state index is 12.0. The summed E-state index contributed by atoms with van der Waals surface area (Å²) in [5, 5.41) is 13.5. The van der Waals surface area contributed by atoms with E-state index in [1.165, 1.54) is 13.3 Å². The molecule has 6 nitrogen and oxygen atoms in total. The number of hydrogen-bond donors (Lipinski definition) is 2. The summed E-state index contributed by atoms with van der Waals surface area (Å²) in [5.41, 5.74) is 0.250. The average Bonchev–Trinajstić information content (AvgIpc) is 2.50. The Morgan fingerprint density at radius 2 is 2.10 bits per heavy atom. The molecule has 2 rings (SSSR count). The van der Waals surface area contributed by atoms with Gasteiger partial charge in [-0.25, -0.2) is 4.79 Å². The number of benzene rings is 1. The highest BCUT2D eigenvalue weighted by Crippen LogP contribution is 2.15. The highest BCUT2D eigenvalue weighted by atomic mass is 16.5. The van der Waals surface area contributed by atoms with Crippen molar-refractivity contribution in [1.29, 1.82) is 0 Å². The molecule has 1 aromatic carbocycles. The van der Waals surface area contributed by atoms with Gasteiger partial charge in [0.2, 0.25) is 0 Å². The summed E-state index contributed by atoms with van der Waals surface area (Å²) in [6.07, 6.45) is 0.146. The van der Waals surface area contributed by atoms with Crippen molar-refractivity contribution in [2.75, 3.05) is 13.7 Å². The standard InChI is InChI=1S/C14H14N2O4/c1-20-14(19)11(17)8-16-13(18)12-10-5-3-2-4-9(10)6-7-15-12/h2-7,11,17H,8H2,1H3,(H,16,18). The van der Waals surface area contributed by atoms with Crippen LogP contribution in [-0.2, 0) is 9.53 Å². The molecule has 1 aromatic heterocycles. The summed E-state index contributed by atoms with van der Waals surface area (Å²) in [6.45, 7) is -0.226. The fraction of sp³-hybridized carbons (Fsp3) is 0.214. The second-order valence-electron chi connectivity index (χ2n) is 4.13. The van der Waals surface area contributed by atoms with Crippen molar-refractivity contribution in [3.63, 3.8) is 0 Å². The molecular formula is C14H14N2O4. The van der Waals surface area contributed by atoms with E-state index < -0.39 is 18.0 Å². The Balaban J connectivity index is 2.14. The molecule has 104 valence electrons. The maximum absolute atomic E-state index is 12.0. The fourth-order valence-electron chi connectivity index (χ4n) is 1.79. The maximum Gasteiger partial charge on any atom is 0.336 e. The number of fused-ring (bicyclic) bond motifs is 1. The molecule has 0 aliphatic carbocycles. The molecule has 20 heavy (non-hydrogen) atoms. The smallest absolute Gasteiger partial charge is 0.336 e. The number of nitrogens with zero attached hydrogens (tertiary/aromatic N) is 1. The van der Waals surface area contributed by atoms with Crippen LogP contribution in [0.25, 0.3) is 10.8 Å². The minimum absolute atomic E-state index is 0.226. The number of aromatic nitrogens is 1. The Morgan fingerprint density at radius 1 is 1.35 bits per heavy atom. The third kappa shape index (κ3) is 2.92. The Hall–Kier alpha value is -2.47. The van der Waals surface area contributed by atoms with Gasteiger partial charge in [-0.3, -0.25) is 9.78 Å². The van der Waals surface area contributed by atoms with Gasteiger partial charge in [-0.1, -0.05) is 24.3 Å². The van der Waals surface area contributed by atoms with Crippen molar-refractivity contribution in [3.05, 3.63) is 42.2 Å². The normalized spacial score (nSPS) is 11.9. The van der Waals surface area contributed by atoms with Crippen LogP contribution in [0, 0.1) is 0 Å². The minimum atomic E-state index is -1.39. The molecule has 0 spiro atoms. The van der Waals surface area contributed by atoms with Gasteiger partial charge in [0.25, 0.3) is 5.91 Å². The molecule has 1 heterocycles. The van der Waals surface area contributed by atoms with Crippen molar-refractivity contribution in [2.45, 2.75) is 6.10 Å². The second kappa shape index (κ2) is 6.12. The van der Waals surface area contributed by atoms with Crippen LogP contribution in [0.4, 0.5) is 0 Å². The molecule has 0 aliphatic rings. The van der Waals surface area contributed by atoms with Crippen LogP contribution in [0.3, 0.4) is 0 Å². The lowest BCUT2D eigenvalue weighted by Gasteiger charge is -2.10. The van der Waals surface area contributed by atoms with Gasteiger partial charge in [0.15, 0.2) is 6.10 Å². The van der Waals surface area contributed by atoms with E-state index in [4.69, 9.17) is 0 Å². The summed E-state index contributed by atoms with van der Waals surface area (Å²) in [4.78, 5) is 27.1. The van der Waals surface area contributed by atoms with E-state index in [0.717, 1.165) is 5.39 Å². The molecule has 0 bridgehead atoms. The number of amides is 1. The van der Waals surface area contributed by atoms with Crippen molar-refractivity contribution in [2.24, 2.45) is 0 Å². The third-order valence-corrected chi connectivity index (χ3v) is 2.82. The Labute approximate surface area is 115 Å². The number of rotatable bonds is 4. The first-order valence-corrected chi connectivity index (χ1v) is 6.01. The summed E-state index contributed by atoms with van der Waals surface area (Å²) < 4.78 is 4.36. The molecule has 0 saturated heterocycles. The van der Waals surface area contributed by atoms with Gasteiger partial charge in [0.1, 0.15) is 5.69 Å². The highest BCUT2D eigenvalue weighted by molar-refractivity contribution is 6.05. The first-order chi connectivity index (χ1) is 9.63. The average molecular weight is 274 g/mol. The van der Waals surface area contributed by atoms with Crippen molar-refractivity contribution in [3.8, 4) is 0 Å². The lowest BCUT2D eigenvalue weighted by Crippen LogP contribution is -2.37. The van der Waals surface area contributed by atoms with Crippen molar-refractivity contribution < 1.29 is 19.4 Å². The number of pyridine rings is 1. The molecule has 0 fully saturated rings. The summed E-state index contributed by atoms with van der Waals surface area (Å²) in [6, 6.07) is 9.13. The van der Waals surface area contributed by atoms with E-state index in [1.807, 2.05) is 18.2 Å². The first-order valence-electron chi connectivity index (χ1n) is 6.01. The quantitative estimate of drug-likeness (QED) is 0.792. The number of ether oxygens (including phenoxy) is 1. The molecule has 0 aliphatic heterocycles. The number of carbonyl (C=O) groups excluding carboxylic acids is 2.